The predicted molar refractivity (Wildman–Crippen MR) is 217 cm³/mol. The molecule has 0 radical (unpaired) electrons. The minimum absolute atomic E-state index is 0.717. The van der Waals surface area contributed by atoms with Crippen molar-refractivity contribution in [3.63, 3.8) is 0 Å². The zero-order valence-corrected chi connectivity index (χ0v) is 28.2. The van der Waals surface area contributed by atoms with E-state index in [1.807, 2.05) is 12.1 Å². The van der Waals surface area contributed by atoms with Gasteiger partial charge in [0.1, 0.15) is 0 Å². The fraction of sp³-hybridized carbons (Fsp3) is 0. The van der Waals surface area contributed by atoms with Gasteiger partial charge in [0.05, 0.1) is 22.4 Å². The highest BCUT2D eigenvalue weighted by Gasteiger charge is 2.15. The van der Waals surface area contributed by atoms with Crippen molar-refractivity contribution in [3.05, 3.63) is 188 Å². The van der Waals surface area contributed by atoms with E-state index >= 15 is 0 Å². The van der Waals surface area contributed by atoms with Crippen LogP contribution in [0.5, 0.6) is 0 Å². The second-order valence-electron chi connectivity index (χ2n) is 13.2. The van der Waals surface area contributed by atoms with E-state index in [2.05, 4.69) is 176 Å². The van der Waals surface area contributed by atoms with Crippen molar-refractivity contribution in [1.29, 1.82) is 0 Å². The molecule has 0 aliphatic heterocycles. The number of aromatic nitrogens is 3. The number of hydrogen-bond acceptors (Lipinski definition) is 3. The van der Waals surface area contributed by atoms with Crippen molar-refractivity contribution in [1.82, 2.24) is 15.0 Å². The van der Waals surface area contributed by atoms with E-state index in [1.165, 1.54) is 27.1 Å². The zero-order valence-electron chi connectivity index (χ0n) is 28.2. The largest absolute Gasteiger partial charge is 0.247 e. The van der Waals surface area contributed by atoms with Gasteiger partial charge in [0.2, 0.25) is 0 Å². The molecule has 0 fully saturated rings. The molecule has 3 heteroatoms. The van der Waals surface area contributed by atoms with Gasteiger partial charge in [-0.15, -0.1) is 0 Å². The Kier molecular flexibility index (Phi) is 7.14. The van der Waals surface area contributed by atoms with E-state index in [1.54, 1.807) is 0 Å². The summed E-state index contributed by atoms with van der Waals surface area (Å²) in [5, 5.41) is 7.12. The molecule has 52 heavy (non-hydrogen) atoms. The minimum atomic E-state index is 0.717. The quantitative estimate of drug-likeness (QED) is 0.172. The van der Waals surface area contributed by atoms with Crippen molar-refractivity contribution in [2.45, 2.75) is 0 Å². The third-order valence-electron chi connectivity index (χ3n) is 10.1. The normalized spacial score (nSPS) is 11.5. The molecule has 0 atom stereocenters. The molecule has 10 aromatic rings. The van der Waals surface area contributed by atoms with Crippen molar-refractivity contribution in [2.75, 3.05) is 0 Å². The number of hydrogen-bond donors (Lipinski definition) is 0. The summed E-state index contributed by atoms with van der Waals surface area (Å²) in [4.78, 5) is 15.4. The zero-order chi connectivity index (χ0) is 34.4. The Morgan fingerprint density at radius 2 is 0.788 bits per heavy atom. The molecule has 0 saturated carbocycles. The molecule has 0 spiro atoms. The lowest BCUT2D eigenvalue weighted by atomic mass is 9.94. The molecule has 242 valence electrons. The molecule has 10 rings (SSSR count). The Morgan fingerprint density at radius 3 is 1.52 bits per heavy atom. The molecule has 0 unspecified atom stereocenters. The Balaban J connectivity index is 1.01. The van der Waals surface area contributed by atoms with Gasteiger partial charge in [-0.1, -0.05) is 170 Å². The van der Waals surface area contributed by atoms with Crippen LogP contribution in [0, 0.1) is 0 Å². The summed E-state index contributed by atoms with van der Waals surface area (Å²) in [6.07, 6.45) is 0. The Bertz CT molecular complexity index is 2920. The summed E-state index contributed by atoms with van der Waals surface area (Å²) in [6, 6.07) is 66.2. The fourth-order valence-electron chi connectivity index (χ4n) is 7.48. The van der Waals surface area contributed by atoms with Crippen molar-refractivity contribution < 1.29 is 0 Å². The minimum Gasteiger partial charge on any atom is -0.247 e. The molecule has 0 aliphatic carbocycles. The van der Waals surface area contributed by atoms with Gasteiger partial charge in [0.15, 0.2) is 5.82 Å². The second kappa shape index (κ2) is 12.4. The molecule has 2 heterocycles. The highest BCUT2D eigenvalue weighted by Crippen LogP contribution is 2.38. The van der Waals surface area contributed by atoms with Crippen LogP contribution in [-0.2, 0) is 0 Å². The first-order chi connectivity index (χ1) is 25.8. The lowest BCUT2D eigenvalue weighted by molar-refractivity contribution is 1.23. The summed E-state index contributed by atoms with van der Waals surface area (Å²) in [5.74, 6) is 0.717. The number of nitrogens with zero attached hydrogens (tertiary/aromatic N) is 3. The summed E-state index contributed by atoms with van der Waals surface area (Å²) < 4.78 is 0. The van der Waals surface area contributed by atoms with Crippen LogP contribution in [0.25, 0.3) is 99.5 Å². The van der Waals surface area contributed by atoms with Crippen molar-refractivity contribution in [3.8, 4) is 56.2 Å². The Hall–Kier alpha value is -6.97. The third kappa shape index (κ3) is 5.19. The van der Waals surface area contributed by atoms with Crippen LogP contribution in [0.2, 0.25) is 0 Å². The first-order valence-electron chi connectivity index (χ1n) is 17.6. The first-order valence-corrected chi connectivity index (χ1v) is 17.6. The van der Waals surface area contributed by atoms with E-state index < -0.39 is 0 Å². The molecule has 0 amide bonds. The van der Waals surface area contributed by atoms with Gasteiger partial charge >= 0.3 is 0 Å². The van der Waals surface area contributed by atoms with Gasteiger partial charge in [0.25, 0.3) is 0 Å². The van der Waals surface area contributed by atoms with Gasteiger partial charge in [-0.2, -0.15) is 0 Å². The van der Waals surface area contributed by atoms with Crippen LogP contribution < -0.4 is 0 Å². The van der Waals surface area contributed by atoms with Crippen LogP contribution in [-0.4, -0.2) is 15.0 Å². The smallest absolute Gasteiger partial charge is 0.160 e. The van der Waals surface area contributed by atoms with E-state index in [4.69, 9.17) is 15.0 Å². The first kappa shape index (κ1) is 29.9. The van der Waals surface area contributed by atoms with E-state index in [-0.39, 0.29) is 0 Å². The fourth-order valence-corrected chi connectivity index (χ4v) is 7.48. The number of pyridine rings is 1. The predicted octanol–water partition coefficient (Wildman–Crippen LogP) is 12.8. The lowest BCUT2D eigenvalue weighted by Gasteiger charge is -2.13. The van der Waals surface area contributed by atoms with Gasteiger partial charge in [-0.05, 0) is 51.2 Å². The van der Waals surface area contributed by atoms with Crippen molar-refractivity contribution in [2.24, 2.45) is 0 Å². The molecule has 0 N–H and O–H groups in total. The summed E-state index contributed by atoms with van der Waals surface area (Å²) in [6.45, 7) is 0. The van der Waals surface area contributed by atoms with Gasteiger partial charge in [0, 0.05) is 38.2 Å². The second-order valence-corrected chi connectivity index (χ2v) is 13.2. The molecule has 0 aliphatic rings. The standard InChI is InChI=1S/C49H31N3/c1-2-11-32(12-3-1)38-14-10-15-39(31-38)49-51-45-20-9-7-18-42(45)47(52-49)36-25-21-33(22-26-36)34-23-27-37(28-24-34)48-43-30-29-35-13-4-5-16-40(35)46(43)41-17-6-8-19-44(41)50-48/h1-31H. The van der Waals surface area contributed by atoms with Crippen LogP contribution >= 0.6 is 0 Å². The topological polar surface area (TPSA) is 38.7 Å². The van der Waals surface area contributed by atoms with Gasteiger partial charge < -0.3 is 0 Å². The number of fused-ring (bicyclic) bond motifs is 6. The Morgan fingerprint density at radius 1 is 0.269 bits per heavy atom. The van der Waals surface area contributed by atoms with Crippen LogP contribution in [0.3, 0.4) is 0 Å². The monoisotopic (exact) mass is 661 g/mol. The molecular formula is C49H31N3. The lowest BCUT2D eigenvalue weighted by Crippen LogP contribution is -1.95. The van der Waals surface area contributed by atoms with Crippen LogP contribution in [0.4, 0.5) is 0 Å². The van der Waals surface area contributed by atoms with Crippen molar-refractivity contribution >= 4 is 43.4 Å². The third-order valence-corrected chi connectivity index (χ3v) is 10.1. The molecule has 0 bridgehead atoms. The molecular weight excluding hydrogens is 631 g/mol. The van der Waals surface area contributed by atoms with Crippen LogP contribution in [0.1, 0.15) is 0 Å². The van der Waals surface area contributed by atoms with Gasteiger partial charge in [-0.25, -0.2) is 15.0 Å². The summed E-state index contributed by atoms with van der Waals surface area (Å²) in [7, 11) is 0. The van der Waals surface area contributed by atoms with E-state index in [0.29, 0.717) is 5.82 Å². The van der Waals surface area contributed by atoms with Gasteiger partial charge in [-0.3, -0.25) is 0 Å². The Labute approximate surface area is 301 Å². The average Bonchev–Trinajstić information content (AvgIpc) is 3.23. The van der Waals surface area contributed by atoms with Crippen LogP contribution in [0.15, 0.2) is 188 Å². The number of benzene rings is 8. The van der Waals surface area contributed by atoms with E-state index in [0.717, 1.165) is 66.6 Å². The number of para-hydroxylation sites is 2. The molecule has 2 aromatic heterocycles. The number of rotatable bonds is 5. The maximum Gasteiger partial charge on any atom is 0.160 e. The average molecular weight is 662 g/mol. The SMILES string of the molecule is c1ccc(-c2cccc(-c3nc(-c4ccc(-c5ccc(-c6nc7ccccc7c7c6ccc6ccccc67)cc5)cc4)c4ccccc4n3)c2)cc1. The maximum absolute atomic E-state index is 5.19. The molecule has 3 nitrogen and oxygen atoms in total. The summed E-state index contributed by atoms with van der Waals surface area (Å²) in [5.41, 5.74) is 11.6. The highest BCUT2D eigenvalue weighted by molar-refractivity contribution is 6.22. The molecule has 8 aromatic carbocycles. The summed E-state index contributed by atoms with van der Waals surface area (Å²) >= 11 is 0. The van der Waals surface area contributed by atoms with E-state index in [9.17, 15) is 0 Å². The highest BCUT2D eigenvalue weighted by atomic mass is 14.9. The molecule has 0 saturated heterocycles. The maximum atomic E-state index is 5.19.